The number of hydrogen-bond donors (Lipinski definition) is 1. The number of benzene rings is 2. The van der Waals surface area contributed by atoms with Crippen LogP contribution < -0.4 is 5.32 Å². The van der Waals surface area contributed by atoms with Gasteiger partial charge in [-0.05, 0) is 38.0 Å². The van der Waals surface area contributed by atoms with Crippen molar-refractivity contribution in [3.8, 4) is 0 Å². The lowest BCUT2D eigenvalue weighted by molar-refractivity contribution is -0.113. The molecule has 0 spiro atoms. The number of rotatable bonds is 6. The predicted molar refractivity (Wildman–Crippen MR) is 107 cm³/mol. The second kappa shape index (κ2) is 7.79. The van der Waals surface area contributed by atoms with E-state index in [2.05, 4.69) is 60.3 Å². The van der Waals surface area contributed by atoms with Crippen LogP contribution in [0, 0.1) is 13.8 Å². The molecule has 1 N–H and O–H groups in total. The lowest BCUT2D eigenvalue weighted by Crippen LogP contribution is -2.14. The summed E-state index contributed by atoms with van der Waals surface area (Å²) >= 11 is 1.60. The maximum Gasteiger partial charge on any atom is 0.234 e. The summed E-state index contributed by atoms with van der Waals surface area (Å²) in [6.07, 6.45) is 3.26. The van der Waals surface area contributed by atoms with E-state index in [1.165, 1.54) is 21.4 Å². The number of fused-ring (bicyclic) bond motifs is 1. The molecule has 3 aromatic rings. The Morgan fingerprint density at radius 1 is 1.16 bits per heavy atom. The highest BCUT2D eigenvalue weighted by atomic mass is 32.2. The van der Waals surface area contributed by atoms with Crippen molar-refractivity contribution in [1.29, 1.82) is 0 Å². The van der Waals surface area contributed by atoms with Crippen molar-refractivity contribution >= 4 is 34.3 Å². The molecule has 3 rings (SSSR count). The van der Waals surface area contributed by atoms with E-state index < -0.39 is 0 Å². The molecular formula is C21H24N2OS. The number of carbonyl (C=O) groups is 1. The number of para-hydroxylation sites is 1. The molecule has 1 heterocycles. The highest BCUT2D eigenvalue weighted by Crippen LogP contribution is 2.30. The maximum atomic E-state index is 12.4. The molecule has 130 valence electrons. The molecule has 1 amide bonds. The zero-order valence-corrected chi connectivity index (χ0v) is 15.8. The molecule has 0 unspecified atom stereocenters. The van der Waals surface area contributed by atoms with E-state index in [0.717, 1.165) is 24.2 Å². The summed E-state index contributed by atoms with van der Waals surface area (Å²) in [4.78, 5) is 13.5. The van der Waals surface area contributed by atoms with Crippen LogP contribution in [0.4, 0.5) is 5.69 Å². The topological polar surface area (TPSA) is 34.0 Å². The monoisotopic (exact) mass is 352 g/mol. The van der Waals surface area contributed by atoms with Crippen LogP contribution in [-0.2, 0) is 11.3 Å². The zero-order chi connectivity index (χ0) is 17.8. The number of anilines is 1. The SMILES string of the molecule is CCCn1cc(SCC(=O)Nc2ccc(C)cc2C)c2ccccc21. The Hall–Kier alpha value is -2.20. The van der Waals surface area contributed by atoms with E-state index in [1.54, 1.807) is 11.8 Å². The van der Waals surface area contributed by atoms with E-state index in [9.17, 15) is 4.79 Å². The molecule has 4 heteroatoms. The Kier molecular flexibility index (Phi) is 5.49. The van der Waals surface area contributed by atoms with E-state index >= 15 is 0 Å². The molecule has 0 atom stereocenters. The summed E-state index contributed by atoms with van der Waals surface area (Å²) in [5, 5.41) is 4.24. The van der Waals surface area contributed by atoms with Crippen LogP contribution >= 0.6 is 11.8 Å². The molecule has 0 aliphatic heterocycles. The largest absolute Gasteiger partial charge is 0.346 e. The van der Waals surface area contributed by atoms with Gasteiger partial charge >= 0.3 is 0 Å². The number of thioether (sulfide) groups is 1. The molecule has 0 aliphatic rings. The van der Waals surface area contributed by atoms with Gasteiger partial charge in [-0.1, -0.05) is 42.8 Å². The van der Waals surface area contributed by atoms with Crippen LogP contribution in [0.3, 0.4) is 0 Å². The first-order valence-electron chi connectivity index (χ1n) is 8.66. The maximum absolute atomic E-state index is 12.4. The highest BCUT2D eigenvalue weighted by molar-refractivity contribution is 8.00. The van der Waals surface area contributed by atoms with Crippen LogP contribution in [0.5, 0.6) is 0 Å². The average molecular weight is 353 g/mol. The van der Waals surface area contributed by atoms with Crippen molar-refractivity contribution < 1.29 is 4.79 Å². The van der Waals surface area contributed by atoms with Crippen molar-refractivity contribution in [3.63, 3.8) is 0 Å². The van der Waals surface area contributed by atoms with Crippen molar-refractivity contribution in [2.45, 2.75) is 38.6 Å². The molecule has 3 nitrogen and oxygen atoms in total. The molecule has 0 saturated carbocycles. The summed E-state index contributed by atoms with van der Waals surface area (Å²) in [5.41, 5.74) is 4.43. The summed E-state index contributed by atoms with van der Waals surface area (Å²) in [5.74, 6) is 0.442. The number of hydrogen-bond acceptors (Lipinski definition) is 2. The van der Waals surface area contributed by atoms with Crippen LogP contribution in [0.25, 0.3) is 10.9 Å². The highest BCUT2D eigenvalue weighted by Gasteiger charge is 2.11. The van der Waals surface area contributed by atoms with Crippen molar-refractivity contribution in [2.75, 3.05) is 11.1 Å². The Labute approximate surface area is 153 Å². The number of aryl methyl sites for hydroxylation is 3. The fourth-order valence-corrected chi connectivity index (χ4v) is 3.93. The van der Waals surface area contributed by atoms with Gasteiger partial charge in [0, 0.05) is 34.2 Å². The summed E-state index contributed by atoms with van der Waals surface area (Å²) in [7, 11) is 0. The van der Waals surface area contributed by atoms with Crippen LogP contribution in [0.2, 0.25) is 0 Å². The van der Waals surface area contributed by atoms with Gasteiger partial charge in [0.15, 0.2) is 0 Å². The Morgan fingerprint density at radius 3 is 2.72 bits per heavy atom. The standard InChI is InChI=1S/C21H24N2OS/c1-4-11-23-13-20(17-7-5-6-8-19(17)23)25-14-21(24)22-18-10-9-15(2)12-16(18)3/h5-10,12-13H,4,11,14H2,1-3H3,(H,22,24). The predicted octanol–water partition coefficient (Wildman–Crippen LogP) is 5.40. The minimum Gasteiger partial charge on any atom is -0.346 e. The fourth-order valence-electron chi connectivity index (χ4n) is 3.04. The first-order chi connectivity index (χ1) is 12.1. The lowest BCUT2D eigenvalue weighted by atomic mass is 10.1. The molecule has 0 bridgehead atoms. The Balaban J connectivity index is 1.71. The van der Waals surface area contributed by atoms with Gasteiger partial charge in [-0.2, -0.15) is 0 Å². The normalized spacial score (nSPS) is 11.0. The first-order valence-corrected chi connectivity index (χ1v) is 9.65. The van der Waals surface area contributed by atoms with E-state index in [0.29, 0.717) is 5.75 Å². The molecule has 0 aliphatic carbocycles. The Bertz CT molecular complexity index is 898. The molecular weight excluding hydrogens is 328 g/mol. The number of nitrogens with zero attached hydrogens (tertiary/aromatic N) is 1. The van der Waals surface area contributed by atoms with Gasteiger partial charge in [0.05, 0.1) is 5.75 Å². The van der Waals surface area contributed by atoms with Crippen molar-refractivity contribution in [1.82, 2.24) is 4.57 Å². The van der Waals surface area contributed by atoms with E-state index in [4.69, 9.17) is 0 Å². The molecule has 25 heavy (non-hydrogen) atoms. The second-order valence-electron chi connectivity index (χ2n) is 6.36. The smallest absolute Gasteiger partial charge is 0.234 e. The third-order valence-corrected chi connectivity index (χ3v) is 5.27. The molecule has 2 aromatic carbocycles. The first kappa shape index (κ1) is 17.6. The van der Waals surface area contributed by atoms with Crippen molar-refractivity contribution in [2.24, 2.45) is 0 Å². The van der Waals surface area contributed by atoms with Gasteiger partial charge in [0.2, 0.25) is 5.91 Å². The van der Waals surface area contributed by atoms with Gasteiger partial charge in [-0.15, -0.1) is 11.8 Å². The number of aromatic nitrogens is 1. The fraction of sp³-hybridized carbons (Fsp3) is 0.286. The zero-order valence-electron chi connectivity index (χ0n) is 15.0. The summed E-state index contributed by atoms with van der Waals surface area (Å²) in [6, 6.07) is 14.5. The van der Waals surface area contributed by atoms with Gasteiger partial charge in [-0.25, -0.2) is 0 Å². The van der Waals surface area contributed by atoms with Gasteiger partial charge in [0.1, 0.15) is 0 Å². The minimum atomic E-state index is 0.0317. The van der Waals surface area contributed by atoms with Crippen LogP contribution in [0.1, 0.15) is 24.5 Å². The van der Waals surface area contributed by atoms with Gasteiger partial charge < -0.3 is 9.88 Å². The Morgan fingerprint density at radius 2 is 1.96 bits per heavy atom. The third kappa shape index (κ3) is 4.07. The van der Waals surface area contributed by atoms with Gasteiger partial charge in [-0.3, -0.25) is 4.79 Å². The average Bonchev–Trinajstić information content (AvgIpc) is 2.94. The minimum absolute atomic E-state index is 0.0317. The second-order valence-corrected chi connectivity index (χ2v) is 7.38. The number of nitrogens with one attached hydrogen (secondary N) is 1. The molecule has 1 aromatic heterocycles. The van der Waals surface area contributed by atoms with Gasteiger partial charge in [0.25, 0.3) is 0 Å². The molecule has 0 saturated heterocycles. The summed E-state index contributed by atoms with van der Waals surface area (Å²) in [6.45, 7) is 7.25. The molecule has 0 fully saturated rings. The third-order valence-electron chi connectivity index (χ3n) is 4.23. The van der Waals surface area contributed by atoms with Crippen molar-refractivity contribution in [3.05, 3.63) is 59.8 Å². The quantitative estimate of drug-likeness (QED) is 0.603. The number of carbonyl (C=O) groups excluding carboxylic acids is 1. The molecule has 0 radical (unpaired) electrons. The number of amides is 1. The van der Waals surface area contributed by atoms with Crippen LogP contribution in [0.15, 0.2) is 53.6 Å². The summed E-state index contributed by atoms with van der Waals surface area (Å²) < 4.78 is 2.28. The van der Waals surface area contributed by atoms with E-state index in [1.807, 2.05) is 19.1 Å². The lowest BCUT2D eigenvalue weighted by Gasteiger charge is -2.08. The van der Waals surface area contributed by atoms with E-state index in [-0.39, 0.29) is 5.91 Å². The van der Waals surface area contributed by atoms with Crippen LogP contribution in [-0.4, -0.2) is 16.2 Å².